The molecule has 2 aromatic heterocycles. The van der Waals surface area contributed by atoms with Gasteiger partial charge in [0.05, 0.1) is 23.3 Å². The number of unbranched alkanes of at least 4 members (excludes halogenated alkanes) is 5. The molecule has 0 atom stereocenters. The molecule has 0 aliphatic heterocycles. The lowest BCUT2D eigenvalue weighted by Crippen LogP contribution is -2.11. The average Bonchev–Trinajstić information content (AvgIpc) is 3.32. The number of pyridine rings is 1. The number of fused-ring (bicyclic) bond motifs is 3. The fraction of sp³-hybridized carbons (Fsp3) is 0.250. The zero-order valence-corrected chi connectivity index (χ0v) is 20.8. The molecule has 0 unspecified atom stereocenters. The van der Waals surface area contributed by atoms with E-state index >= 15 is 0 Å². The van der Waals surface area contributed by atoms with Crippen molar-refractivity contribution in [3.8, 4) is 22.4 Å². The first kappa shape index (κ1) is 23.8. The molecular formula is C32H32N2O2. The molecule has 0 saturated heterocycles. The quantitative estimate of drug-likeness (QED) is 0.150. The van der Waals surface area contributed by atoms with Gasteiger partial charge in [0.1, 0.15) is 5.56 Å². The largest absolute Gasteiger partial charge is 0.462 e. The fourth-order valence-electron chi connectivity index (χ4n) is 4.82. The normalized spacial score (nSPS) is 11.2. The van der Waals surface area contributed by atoms with Crippen LogP contribution in [0, 0.1) is 0 Å². The maximum absolute atomic E-state index is 13.6. The Bertz CT molecular complexity index is 1460. The predicted octanol–water partition coefficient (Wildman–Crippen LogP) is 8.34. The van der Waals surface area contributed by atoms with Crippen molar-refractivity contribution in [2.75, 3.05) is 6.61 Å². The van der Waals surface area contributed by atoms with E-state index in [1.165, 1.54) is 25.7 Å². The number of nitrogens with zero attached hydrogens (tertiary/aromatic N) is 2. The highest BCUT2D eigenvalue weighted by molar-refractivity contribution is 6.06. The van der Waals surface area contributed by atoms with Crippen LogP contribution in [0.1, 0.15) is 55.8 Å². The number of carbonyl (C=O) groups is 1. The minimum absolute atomic E-state index is 0.317. The molecule has 182 valence electrons. The Kier molecular flexibility index (Phi) is 7.41. The lowest BCUT2D eigenvalue weighted by molar-refractivity contribution is 0.0500. The number of para-hydroxylation sites is 2. The van der Waals surface area contributed by atoms with Crippen molar-refractivity contribution in [3.63, 3.8) is 0 Å². The van der Waals surface area contributed by atoms with E-state index in [1.807, 2.05) is 66.7 Å². The molecular weight excluding hydrogens is 444 g/mol. The summed E-state index contributed by atoms with van der Waals surface area (Å²) in [5, 5.41) is 0. The van der Waals surface area contributed by atoms with Gasteiger partial charge >= 0.3 is 5.97 Å². The van der Waals surface area contributed by atoms with Crippen molar-refractivity contribution in [2.45, 2.75) is 45.4 Å². The van der Waals surface area contributed by atoms with Crippen molar-refractivity contribution >= 4 is 22.6 Å². The minimum atomic E-state index is -0.317. The summed E-state index contributed by atoms with van der Waals surface area (Å²) in [6, 6.07) is 30.4. The van der Waals surface area contributed by atoms with Crippen LogP contribution in [-0.4, -0.2) is 22.0 Å². The highest BCUT2D eigenvalue weighted by Crippen LogP contribution is 2.35. The Balaban J connectivity index is 1.62. The van der Waals surface area contributed by atoms with Gasteiger partial charge < -0.3 is 4.74 Å². The lowest BCUT2D eigenvalue weighted by Gasteiger charge is -2.16. The first-order chi connectivity index (χ1) is 17.8. The summed E-state index contributed by atoms with van der Waals surface area (Å²) in [5.74, 6) is -0.317. The van der Waals surface area contributed by atoms with Gasteiger partial charge in [0.25, 0.3) is 0 Å². The summed E-state index contributed by atoms with van der Waals surface area (Å²) in [6.45, 7) is 2.64. The number of hydrogen-bond donors (Lipinski definition) is 0. The molecule has 0 N–H and O–H groups in total. The molecule has 0 radical (unpaired) electrons. The third kappa shape index (κ3) is 4.90. The third-order valence-electron chi connectivity index (χ3n) is 6.67. The standard InChI is InChI=1S/C32H32N2O2/c1-2-3-4-5-6-15-22-36-32(35)30-26(24-16-9-7-10-17-24)23-29(25-18-11-8-12-19-25)34-28-21-14-13-20-27(28)33-31(30)34/h7-14,16-21,23H,2-6,15,22H2,1H3. The third-order valence-corrected chi connectivity index (χ3v) is 6.67. The first-order valence-electron chi connectivity index (χ1n) is 13.0. The molecule has 0 amide bonds. The molecule has 0 saturated carbocycles. The van der Waals surface area contributed by atoms with E-state index in [2.05, 4.69) is 35.6 Å². The van der Waals surface area contributed by atoms with Gasteiger partial charge in [-0.15, -0.1) is 0 Å². The monoisotopic (exact) mass is 476 g/mol. The van der Waals surface area contributed by atoms with Gasteiger partial charge in [-0.25, -0.2) is 9.78 Å². The molecule has 0 aliphatic rings. The zero-order valence-electron chi connectivity index (χ0n) is 20.8. The molecule has 36 heavy (non-hydrogen) atoms. The maximum Gasteiger partial charge on any atom is 0.342 e. The van der Waals surface area contributed by atoms with Crippen molar-refractivity contribution in [2.24, 2.45) is 0 Å². The molecule has 5 rings (SSSR count). The molecule has 0 aliphatic carbocycles. The van der Waals surface area contributed by atoms with Gasteiger partial charge in [0, 0.05) is 5.56 Å². The Morgan fingerprint density at radius 2 is 1.42 bits per heavy atom. The number of carbonyl (C=O) groups excluding carboxylic acids is 1. The van der Waals surface area contributed by atoms with E-state index in [1.54, 1.807) is 0 Å². The van der Waals surface area contributed by atoms with Crippen LogP contribution in [0.3, 0.4) is 0 Å². The van der Waals surface area contributed by atoms with E-state index in [0.717, 1.165) is 46.3 Å². The summed E-state index contributed by atoms with van der Waals surface area (Å²) in [4.78, 5) is 18.6. The molecule has 2 heterocycles. The van der Waals surface area contributed by atoms with Gasteiger partial charge in [-0.1, -0.05) is 112 Å². The highest BCUT2D eigenvalue weighted by Gasteiger charge is 2.24. The van der Waals surface area contributed by atoms with Crippen molar-refractivity contribution in [1.29, 1.82) is 0 Å². The van der Waals surface area contributed by atoms with Crippen LogP contribution in [0.4, 0.5) is 0 Å². The average molecular weight is 477 g/mol. The second kappa shape index (κ2) is 11.2. The molecule has 4 heteroatoms. The predicted molar refractivity (Wildman–Crippen MR) is 147 cm³/mol. The Hall–Kier alpha value is -3.92. The second-order valence-corrected chi connectivity index (χ2v) is 9.21. The van der Waals surface area contributed by atoms with Crippen LogP contribution in [0.15, 0.2) is 91.0 Å². The molecule has 0 spiro atoms. The number of rotatable bonds is 10. The van der Waals surface area contributed by atoms with Crippen LogP contribution < -0.4 is 0 Å². The Labute approximate surface area is 212 Å². The van der Waals surface area contributed by atoms with E-state index in [9.17, 15) is 4.79 Å². The number of benzene rings is 3. The number of esters is 1. The summed E-state index contributed by atoms with van der Waals surface area (Å²) in [7, 11) is 0. The highest BCUT2D eigenvalue weighted by atomic mass is 16.5. The Morgan fingerprint density at radius 1 is 0.778 bits per heavy atom. The van der Waals surface area contributed by atoms with Crippen molar-refractivity contribution in [1.82, 2.24) is 9.38 Å². The van der Waals surface area contributed by atoms with Gasteiger partial charge in [-0.3, -0.25) is 4.40 Å². The van der Waals surface area contributed by atoms with Gasteiger partial charge in [0.2, 0.25) is 0 Å². The topological polar surface area (TPSA) is 43.6 Å². The molecule has 3 aromatic carbocycles. The van der Waals surface area contributed by atoms with Gasteiger partial charge in [0.15, 0.2) is 5.65 Å². The first-order valence-corrected chi connectivity index (χ1v) is 13.0. The molecule has 4 nitrogen and oxygen atoms in total. The van der Waals surface area contributed by atoms with Crippen molar-refractivity contribution in [3.05, 3.63) is 96.6 Å². The number of hydrogen-bond acceptors (Lipinski definition) is 3. The maximum atomic E-state index is 13.6. The minimum Gasteiger partial charge on any atom is -0.462 e. The smallest absolute Gasteiger partial charge is 0.342 e. The van der Waals surface area contributed by atoms with Crippen LogP contribution in [0.25, 0.3) is 39.1 Å². The number of ether oxygens (including phenoxy) is 1. The molecule has 0 fully saturated rings. The summed E-state index contributed by atoms with van der Waals surface area (Å²) in [6.07, 6.45) is 6.87. The van der Waals surface area contributed by atoms with Gasteiger partial charge in [-0.2, -0.15) is 0 Å². The summed E-state index contributed by atoms with van der Waals surface area (Å²) in [5.41, 5.74) is 6.83. The number of aromatic nitrogens is 2. The summed E-state index contributed by atoms with van der Waals surface area (Å²) >= 11 is 0. The Morgan fingerprint density at radius 3 is 2.17 bits per heavy atom. The SMILES string of the molecule is CCCCCCCCOC(=O)c1c(-c2ccccc2)cc(-c2ccccc2)n2c1nc1ccccc12. The van der Waals surface area contributed by atoms with E-state index in [4.69, 9.17) is 9.72 Å². The van der Waals surface area contributed by atoms with Crippen molar-refractivity contribution < 1.29 is 9.53 Å². The second-order valence-electron chi connectivity index (χ2n) is 9.21. The van der Waals surface area contributed by atoms with Crippen LogP contribution in [-0.2, 0) is 4.74 Å². The van der Waals surface area contributed by atoms with E-state index in [-0.39, 0.29) is 5.97 Å². The van der Waals surface area contributed by atoms with Crippen LogP contribution >= 0.6 is 0 Å². The molecule has 5 aromatic rings. The molecule has 0 bridgehead atoms. The van der Waals surface area contributed by atoms with E-state index in [0.29, 0.717) is 17.8 Å². The lowest BCUT2D eigenvalue weighted by atomic mass is 9.98. The number of imidazole rings is 1. The van der Waals surface area contributed by atoms with Gasteiger partial charge in [-0.05, 0) is 35.7 Å². The van der Waals surface area contributed by atoms with Crippen LogP contribution in [0.2, 0.25) is 0 Å². The zero-order chi connectivity index (χ0) is 24.7. The fourth-order valence-corrected chi connectivity index (χ4v) is 4.82. The van der Waals surface area contributed by atoms with E-state index < -0.39 is 0 Å². The summed E-state index contributed by atoms with van der Waals surface area (Å²) < 4.78 is 7.95. The van der Waals surface area contributed by atoms with Crippen LogP contribution in [0.5, 0.6) is 0 Å².